The Kier molecular flexibility index (Phi) is 6.39. The van der Waals surface area contributed by atoms with Gasteiger partial charge < -0.3 is 10.6 Å². The number of rotatable bonds is 7. The molecular formula is C15H26N4O3. The second kappa shape index (κ2) is 7.82. The molecule has 1 aromatic rings. The number of carbonyl (C=O) groups excluding carboxylic acids is 1. The van der Waals surface area contributed by atoms with E-state index in [0.29, 0.717) is 19.5 Å². The summed E-state index contributed by atoms with van der Waals surface area (Å²) in [6, 6.07) is 0. The average Bonchev–Trinajstić information content (AvgIpc) is 2.42. The monoisotopic (exact) mass is 310 g/mol. The predicted molar refractivity (Wildman–Crippen MR) is 88.1 cm³/mol. The van der Waals surface area contributed by atoms with Gasteiger partial charge in [-0.25, -0.2) is 4.79 Å². The van der Waals surface area contributed by atoms with Gasteiger partial charge in [0.05, 0.1) is 0 Å². The molecule has 7 nitrogen and oxygen atoms in total. The third-order valence-corrected chi connectivity index (χ3v) is 3.42. The summed E-state index contributed by atoms with van der Waals surface area (Å²) in [5.41, 5.74) is 4.94. The van der Waals surface area contributed by atoms with Crippen molar-refractivity contribution in [1.29, 1.82) is 0 Å². The van der Waals surface area contributed by atoms with Crippen molar-refractivity contribution in [3.05, 3.63) is 20.8 Å². The topological polar surface area (TPSA) is 101 Å². The van der Waals surface area contributed by atoms with Crippen LogP contribution in [0, 0.1) is 5.92 Å². The second-order valence-electron chi connectivity index (χ2n) is 5.73. The minimum atomic E-state index is -0.616. The third-order valence-electron chi connectivity index (χ3n) is 3.42. The molecule has 0 aliphatic rings. The fourth-order valence-electron chi connectivity index (χ4n) is 2.30. The molecule has 0 fully saturated rings. The molecule has 1 rings (SSSR count). The van der Waals surface area contributed by atoms with E-state index in [4.69, 9.17) is 5.73 Å². The number of H-pyrrole nitrogens is 1. The zero-order chi connectivity index (χ0) is 16.9. The number of nitrogen functional groups attached to an aromatic ring is 1. The Morgan fingerprint density at radius 3 is 2.45 bits per heavy atom. The van der Waals surface area contributed by atoms with Crippen molar-refractivity contribution >= 4 is 17.4 Å². The molecule has 0 aromatic carbocycles. The minimum absolute atomic E-state index is 0.0566. The van der Waals surface area contributed by atoms with Crippen LogP contribution in [-0.4, -0.2) is 22.0 Å². The average molecular weight is 310 g/mol. The van der Waals surface area contributed by atoms with Crippen molar-refractivity contribution < 1.29 is 4.79 Å². The lowest BCUT2D eigenvalue weighted by molar-refractivity contribution is -0.119. The summed E-state index contributed by atoms with van der Waals surface area (Å²) < 4.78 is 1.32. The van der Waals surface area contributed by atoms with Gasteiger partial charge in [-0.05, 0) is 19.3 Å². The first-order valence-electron chi connectivity index (χ1n) is 7.76. The third kappa shape index (κ3) is 3.99. The van der Waals surface area contributed by atoms with Crippen LogP contribution in [0.3, 0.4) is 0 Å². The highest BCUT2D eigenvalue weighted by Crippen LogP contribution is 2.19. The molecule has 0 saturated carbocycles. The molecule has 0 aliphatic heterocycles. The lowest BCUT2D eigenvalue weighted by Crippen LogP contribution is -2.41. The molecule has 0 bridgehead atoms. The molecule has 1 amide bonds. The van der Waals surface area contributed by atoms with E-state index in [-0.39, 0.29) is 23.3 Å². The zero-order valence-corrected chi connectivity index (χ0v) is 13.8. The van der Waals surface area contributed by atoms with Crippen molar-refractivity contribution in [3.63, 3.8) is 0 Å². The molecule has 0 atom stereocenters. The minimum Gasteiger partial charge on any atom is -0.383 e. The smallest absolute Gasteiger partial charge is 0.330 e. The highest BCUT2D eigenvalue weighted by atomic mass is 16.2. The first-order valence-corrected chi connectivity index (χ1v) is 7.76. The van der Waals surface area contributed by atoms with Gasteiger partial charge in [-0.2, -0.15) is 0 Å². The van der Waals surface area contributed by atoms with Crippen LogP contribution in [0.5, 0.6) is 0 Å². The van der Waals surface area contributed by atoms with Crippen LogP contribution in [0.15, 0.2) is 9.59 Å². The van der Waals surface area contributed by atoms with E-state index < -0.39 is 11.2 Å². The van der Waals surface area contributed by atoms with Crippen LogP contribution in [0.4, 0.5) is 11.5 Å². The van der Waals surface area contributed by atoms with E-state index >= 15 is 0 Å². The molecule has 1 heterocycles. The molecule has 0 radical (unpaired) electrons. The number of carbonyl (C=O) groups is 1. The summed E-state index contributed by atoms with van der Waals surface area (Å²) in [6.45, 7) is 8.38. The number of nitrogens with one attached hydrogen (secondary N) is 1. The molecule has 3 N–H and O–H groups in total. The lowest BCUT2D eigenvalue weighted by atomic mass is 10.1. The quantitative estimate of drug-likeness (QED) is 0.793. The van der Waals surface area contributed by atoms with Crippen molar-refractivity contribution in [3.8, 4) is 0 Å². The number of unbranched alkanes of at least 4 members (excludes halogenated alkanes) is 1. The van der Waals surface area contributed by atoms with Crippen molar-refractivity contribution in [2.24, 2.45) is 5.92 Å². The Morgan fingerprint density at radius 1 is 1.32 bits per heavy atom. The molecule has 0 aliphatic carbocycles. The van der Waals surface area contributed by atoms with Crippen LogP contribution in [0.25, 0.3) is 0 Å². The molecule has 1 aromatic heterocycles. The number of amides is 1. The summed E-state index contributed by atoms with van der Waals surface area (Å²) >= 11 is 0. The maximum absolute atomic E-state index is 12.3. The number of aromatic amines is 1. The first-order chi connectivity index (χ1) is 10.3. The fraction of sp³-hybridized carbons (Fsp3) is 0.667. The van der Waals surface area contributed by atoms with Crippen LogP contribution in [-0.2, 0) is 11.3 Å². The van der Waals surface area contributed by atoms with Gasteiger partial charge in [-0.1, -0.05) is 27.2 Å². The van der Waals surface area contributed by atoms with Crippen LogP contribution < -0.4 is 21.9 Å². The number of hydrogen-bond acceptors (Lipinski definition) is 4. The van der Waals surface area contributed by atoms with E-state index in [2.05, 4.69) is 4.98 Å². The highest BCUT2D eigenvalue weighted by molar-refractivity contribution is 5.95. The van der Waals surface area contributed by atoms with Gasteiger partial charge in [0, 0.05) is 19.5 Å². The molecule has 0 spiro atoms. The summed E-state index contributed by atoms with van der Waals surface area (Å²) in [5, 5.41) is 0. The van der Waals surface area contributed by atoms with E-state index in [1.165, 1.54) is 9.47 Å². The van der Waals surface area contributed by atoms with Gasteiger partial charge >= 0.3 is 5.69 Å². The Bertz CT molecular complexity index is 631. The van der Waals surface area contributed by atoms with E-state index in [0.717, 1.165) is 12.8 Å². The normalized spacial score (nSPS) is 11.0. The van der Waals surface area contributed by atoms with E-state index in [9.17, 15) is 14.4 Å². The van der Waals surface area contributed by atoms with Crippen molar-refractivity contribution in [1.82, 2.24) is 9.55 Å². The number of nitrogens with two attached hydrogens (primary N) is 1. The molecule has 0 saturated heterocycles. The molecule has 22 heavy (non-hydrogen) atoms. The number of anilines is 2. The SMILES string of the molecule is CCCCn1c(N)c(N(CC)C(=O)CC(C)C)c(=O)[nH]c1=O. The predicted octanol–water partition coefficient (Wildman–Crippen LogP) is 1.32. The van der Waals surface area contributed by atoms with E-state index in [1.807, 2.05) is 20.8 Å². The number of hydrogen-bond donors (Lipinski definition) is 2. The molecular weight excluding hydrogens is 284 g/mol. The van der Waals surface area contributed by atoms with Gasteiger partial charge in [-0.15, -0.1) is 0 Å². The second-order valence-corrected chi connectivity index (χ2v) is 5.73. The van der Waals surface area contributed by atoms with Crippen LogP contribution in [0.1, 0.15) is 47.0 Å². The molecule has 124 valence electrons. The lowest BCUT2D eigenvalue weighted by Gasteiger charge is -2.23. The zero-order valence-electron chi connectivity index (χ0n) is 13.8. The summed E-state index contributed by atoms with van der Waals surface area (Å²) in [7, 11) is 0. The van der Waals surface area contributed by atoms with Crippen LogP contribution >= 0.6 is 0 Å². The first kappa shape index (κ1) is 18.0. The van der Waals surface area contributed by atoms with Gasteiger partial charge in [0.2, 0.25) is 5.91 Å². The Balaban J connectivity index is 3.35. The maximum atomic E-state index is 12.3. The largest absolute Gasteiger partial charge is 0.383 e. The Morgan fingerprint density at radius 2 is 1.95 bits per heavy atom. The Labute approximate surface area is 130 Å². The summed E-state index contributed by atoms with van der Waals surface area (Å²) in [6.07, 6.45) is 1.98. The van der Waals surface area contributed by atoms with Gasteiger partial charge in [-0.3, -0.25) is 19.1 Å². The number of aromatic nitrogens is 2. The van der Waals surface area contributed by atoms with Gasteiger partial charge in [0.15, 0.2) is 5.69 Å². The fourth-order valence-corrected chi connectivity index (χ4v) is 2.30. The highest BCUT2D eigenvalue weighted by Gasteiger charge is 2.23. The maximum Gasteiger partial charge on any atom is 0.330 e. The summed E-state index contributed by atoms with van der Waals surface area (Å²) in [5.74, 6) is 0.0596. The molecule has 0 unspecified atom stereocenters. The van der Waals surface area contributed by atoms with Crippen molar-refractivity contribution in [2.45, 2.75) is 53.5 Å². The van der Waals surface area contributed by atoms with E-state index in [1.54, 1.807) is 6.92 Å². The Hall–Kier alpha value is -2.05. The van der Waals surface area contributed by atoms with Crippen molar-refractivity contribution in [2.75, 3.05) is 17.2 Å². The van der Waals surface area contributed by atoms with Gasteiger partial charge in [0.25, 0.3) is 5.56 Å². The number of nitrogens with zero attached hydrogens (tertiary/aromatic N) is 2. The summed E-state index contributed by atoms with van der Waals surface area (Å²) in [4.78, 5) is 40.0. The van der Waals surface area contributed by atoms with Gasteiger partial charge in [0.1, 0.15) is 5.82 Å². The molecule has 7 heteroatoms. The standard InChI is InChI=1S/C15H26N4O3/c1-5-7-8-19-13(16)12(14(21)17-15(19)22)18(6-2)11(20)9-10(3)4/h10H,5-9,16H2,1-4H3,(H,17,21,22). The van der Waals surface area contributed by atoms with Crippen LogP contribution in [0.2, 0.25) is 0 Å².